The minimum atomic E-state index is 0.276. The van der Waals surface area contributed by atoms with Crippen LogP contribution in [0.2, 0.25) is 0 Å². The minimum Gasteiger partial charge on any atom is -0.355 e. The van der Waals surface area contributed by atoms with Gasteiger partial charge in [-0.15, -0.1) is 0 Å². The third-order valence-electron chi connectivity index (χ3n) is 4.91. The first-order valence-corrected chi connectivity index (χ1v) is 8.28. The molecule has 110 valence electrons. The lowest BCUT2D eigenvalue weighted by Crippen LogP contribution is -2.39. The van der Waals surface area contributed by atoms with Crippen LogP contribution in [-0.2, 0) is 4.79 Å². The molecule has 0 aliphatic heterocycles. The highest BCUT2D eigenvalue weighted by Crippen LogP contribution is 2.30. The van der Waals surface area contributed by atoms with E-state index in [0.29, 0.717) is 12.0 Å². The summed E-state index contributed by atoms with van der Waals surface area (Å²) in [6, 6.07) is 0.685. The molecule has 2 saturated carbocycles. The summed E-state index contributed by atoms with van der Waals surface area (Å²) in [5.74, 6) is 1.14. The van der Waals surface area contributed by atoms with Crippen LogP contribution in [0.5, 0.6) is 0 Å². The van der Waals surface area contributed by atoms with E-state index >= 15 is 0 Å². The molecule has 0 aromatic heterocycles. The van der Waals surface area contributed by atoms with Crippen molar-refractivity contribution in [1.29, 1.82) is 0 Å². The number of hydrogen-bond acceptors (Lipinski definition) is 2. The van der Waals surface area contributed by atoms with Gasteiger partial charge in [-0.05, 0) is 31.6 Å². The van der Waals surface area contributed by atoms with Crippen LogP contribution in [0, 0.1) is 11.8 Å². The first-order chi connectivity index (χ1) is 9.27. The maximum absolute atomic E-state index is 12.0. The zero-order chi connectivity index (χ0) is 13.5. The van der Waals surface area contributed by atoms with E-state index in [1.165, 1.54) is 51.4 Å². The quantitative estimate of drug-likeness (QED) is 0.593. The Bertz CT molecular complexity index is 272. The standard InChI is InChI=1S/C16H30N2O/c1-13-7-6-10-15(13)16(19)18-12-11-17-14-8-4-2-3-5-9-14/h13-15,17H,2-12H2,1H3,(H,18,19). The molecule has 3 heteroatoms. The van der Waals surface area contributed by atoms with E-state index in [1.54, 1.807) is 0 Å². The predicted octanol–water partition coefficient (Wildman–Crippen LogP) is 2.85. The molecule has 2 aliphatic carbocycles. The molecule has 3 nitrogen and oxygen atoms in total. The van der Waals surface area contributed by atoms with Crippen molar-refractivity contribution in [1.82, 2.24) is 10.6 Å². The summed E-state index contributed by atoms with van der Waals surface area (Å²) in [7, 11) is 0. The molecular formula is C16H30N2O. The molecular weight excluding hydrogens is 236 g/mol. The molecule has 1 amide bonds. The highest BCUT2D eigenvalue weighted by Gasteiger charge is 2.29. The van der Waals surface area contributed by atoms with Crippen molar-refractivity contribution in [3.63, 3.8) is 0 Å². The van der Waals surface area contributed by atoms with Gasteiger partial charge < -0.3 is 10.6 Å². The molecule has 0 heterocycles. The van der Waals surface area contributed by atoms with Crippen LogP contribution < -0.4 is 10.6 Å². The Kier molecular flexibility index (Phi) is 6.15. The zero-order valence-electron chi connectivity index (χ0n) is 12.4. The number of nitrogens with one attached hydrogen (secondary N) is 2. The average molecular weight is 266 g/mol. The lowest BCUT2D eigenvalue weighted by atomic mass is 9.97. The fourth-order valence-corrected chi connectivity index (χ4v) is 3.61. The fourth-order valence-electron chi connectivity index (χ4n) is 3.61. The Hall–Kier alpha value is -0.570. The second-order valence-electron chi connectivity index (χ2n) is 6.45. The van der Waals surface area contributed by atoms with Crippen molar-refractivity contribution in [2.24, 2.45) is 11.8 Å². The van der Waals surface area contributed by atoms with Gasteiger partial charge in [0, 0.05) is 25.0 Å². The van der Waals surface area contributed by atoms with Crippen LogP contribution in [0.3, 0.4) is 0 Å². The molecule has 0 spiro atoms. The average Bonchev–Trinajstić information content (AvgIpc) is 2.68. The highest BCUT2D eigenvalue weighted by atomic mass is 16.1. The maximum atomic E-state index is 12.0. The van der Waals surface area contributed by atoms with E-state index in [0.717, 1.165) is 19.5 Å². The molecule has 0 aromatic carbocycles. The van der Waals surface area contributed by atoms with Gasteiger partial charge in [-0.3, -0.25) is 4.79 Å². The van der Waals surface area contributed by atoms with Crippen molar-refractivity contribution in [2.75, 3.05) is 13.1 Å². The Morgan fingerprint density at radius 2 is 1.68 bits per heavy atom. The van der Waals surface area contributed by atoms with Crippen LogP contribution in [0.15, 0.2) is 0 Å². The molecule has 0 saturated heterocycles. The van der Waals surface area contributed by atoms with Crippen molar-refractivity contribution in [2.45, 2.75) is 70.8 Å². The van der Waals surface area contributed by atoms with E-state index in [1.807, 2.05) is 0 Å². The Balaban J connectivity index is 1.57. The van der Waals surface area contributed by atoms with Gasteiger partial charge in [0.05, 0.1) is 0 Å². The van der Waals surface area contributed by atoms with Crippen LogP contribution in [-0.4, -0.2) is 25.0 Å². The van der Waals surface area contributed by atoms with E-state index in [9.17, 15) is 4.79 Å². The zero-order valence-corrected chi connectivity index (χ0v) is 12.4. The minimum absolute atomic E-state index is 0.276. The number of hydrogen-bond donors (Lipinski definition) is 2. The van der Waals surface area contributed by atoms with E-state index in [2.05, 4.69) is 17.6 Å². The lowest BCUT2D eigenvalue weighted by Gasteiger charge is -2.18. The summed E-state index contributed by atoms with van der Waals surface area (Å²) < 4.78 is 0. The van der Waals surface area contributed by atoms with Crippen LogP contribution in [0.25, 0.3) is 0 Å². The second-order valence-corrected chi connectivity index (χ2v) is 6.45. The number of rotatable bonds is 5. The van der Waals surface area contributed by atoms with Gasteiger partial charge in [-0.1, -0.05) is 39.0 Å². The molecule has 0 bridgehead atoms. The summed E-state index contributed by atoms with van der Waals surface area (Å²) in [6.07, 6.45) is 11.7. The van der Waals surface area contributed by atoms with Crippen molar-refractivity contribution >= 4 is 5.91 Å². The second kappa shape index (κ2) is 7.88. The van der Waals surface area contributed by atoms with Gasteiger partial charge in [0.15, 0.2) is 0 Å². The van der Waals surface area contributed by atoms with Crippen molar-refractivity contribution in [3.8, 4) is 0 Å². The van der Waals surface area contributed by atoms with Gasteiger partial charge in [0.25, 0.3) is 0 Å². The molecule has 2 aliphatic rings. The first-order valence-electron chi connectivity index (χ1n) is 8.28. The van der Waals surface area contributed by atoms with Crippen LogP contribution in [0.1, 0.15) is 64.7 Å². The highest BCUT2D eigenvalue weighted by molar-refractivity contribution is 5.79. The van der Waals surface area contributed by atoms with Crippen LogP contribution >= 0.6 is 0 Å². The third kappa shape index (κ3) is 4.79. The van der Waals surface area contributed by atoms with Gasteiger partial charge in [-0.2, -0.15) is 0 Å². The smallest absolute Gasteiger partial charge is 0.223 e. The van der Waals surface area contributed by atoms with Crippen LogP contribution in [0.4, 0.5) is 0 Å². The largest absolute Gasteiger partial charge is 0.355 e. The SMILES string of the molecule is CC1CCCC1C(=O)NCCNC1CCCCCC1. The van der Waals surface area contributed by atoms with Gasteiger partial charge in [0.1, 0.15) is 0 Å². The van der Waals surface area contributed by atoms with Crippen molar-refractivity contribution < 1.29 is 4.79 Å². The first kappa shape index (κ1) is 14.8. The van der Waals surface area contributed by atoms with Gasteiger partial charge in [0.2, 0.25) is 5.91 Å². The van der Waals surface area contributed by atoms with E-state index < -0.39 is 0 Å². The molecule has 2 atom stereocenters. The molecule has 2 rings (SSSR count). The third-order valence-corrected chi connectivity index (χ3v) is 4.91. The molecule has 0 aromatic rings. The summed E-state index contributed by atoms with van der Waals surface area (Å²) in [5.41, 5.74) is 0. The van der Waals surface area contributed by atoms with Gasteiger partial charge in [-0.25, -0.2) is 0 Å². The molecule has 0 radical (unpaired) electrons. The molecule has 19 heavy (non-hydrogen) atoms. The van der Waals surface area contributed by atoms with E-state index in [4.69, 9.17) is 0 Å². The lowest BCUT2D eigenvalue weighted by molar-refractivity contribution is -0.125. The summed E-state index contributed by atoms with van der Waals surface area (Å²) >= 11 is 0. The number of amides is 1. The topological polar surface area (TPSA) is 41.1 Å². The molecule has 2 unspecified atom stereocenters. The Morgan fingerprint density at radius 3 is 2.32 bits per heavy atom. The Morgan fingerprint density at radius 1 is 0.947 bits per heavy atom. The monoisotopic (exact) mass is 266 g/mol. The summed E-state index contributed by atoms with van der Waals surface area (Å²) in [4.78, 5) is 12.0. The molecule has 2 fully saturated rings. The number of carbonyl (C=O) groups is 1. The van der Waals surface area contributed by atoms with E-state index in [-0.39, 0.29) is 11.8 Å². The maximum Gasteiger partial charge on any atom is 0.223 e. The fraction of sp³-hybridized carbons (Fsp3) is 0.938. The molecule has 2 N–H and O–H groups in total. The Labute approximate surface area is 117 Å². The summed E-state index contributed by atoms with van der Waals surface area (Å²) in [6.45, 7) is 3.93. The van der Waals surface area contributed by atoms with Gasteiger partial charge >= 0.3 is 0 Å². The van der Waals surface area contributed by atoms with Crippen molar-refractivity contribution in [3.05, 3.63) is 0 Å². The predicted molar refractivity (Wildman–Crippen MR) is 79.0 cm³/mol. The normalized spacial score (nSPS) is 29.1. The summed E-state index contributed by atoms with van der Waals surface area (Å²) in [5, 5.41) is 6.71. The number of carbonyl (C=O) groups excluding carboxylic acids is 1.